The van der Waals surface area contributed by atoms with Gasteiger partial charge in [-0.05, 0) is 31.5 Å². The van der Waals surface area contributed by atoms with E-state index in [0.717, 1.165) is 28.3 Å². The summed E-state index contributed by atoms with van der Waals surface area (Å²) in [6.07, 6.45) is 2.86. The Kier molecular flexibility index (Phi) is 3.95. The molecule has 0 bridgehead atoms. The molecule has 0 aliphatic heterocycles. The highest BCUT2D eigenvalue weighted by atomic mass is 35.5. The molecule has 2 heterocycles. The van der Waals surface area contributed by atoms with Crippen LogP contribution in [0, 0.1) is 5.82 Å². The standard InChI is InChI=1S/C15H15ClFN3S/c1-3-11-8-18-15(21-11)9(2)20-13-6-10(17)4-5-12(13)19-14(20)7-16/h4-6,8-9H,3,7H2,1-2H3. The van der Waals surface area contributed by atoms with E-state index in [1.165, 1.54) is 17.0 Å². The van der Waals surface area contributed by atoms with Gasteiger partial charge in [-0.2, -0.15) is 0 Å². The summed E-state index contributed by atoms with van der Waals surface area (Å²) in [7, 11) is 0. The van der Waals surface area contributed by atoms with Crippen molar-refractivity contribution in [1.29, 1.82) is 0 Å². The van der Waals surface area contributed by atoms with Crippen LogP contribution in [-0.4, -0.2) is 14.5 Å². The molecular weight excluding hydrogens is 309 g/mol. The molecule has 3 rings (SSSR count). The van der Waals surface area contributed by atoms with E-state index < -0.39 is 0 Å². The van der Waals surface area contributed by atoms with Crippen LogP contribution < -0.4 is 0 Å². The molecule has 6 heteroatoms. The fourth-order valence-electron chi connectivity index (χ4n) is 2.43. The summed E-state index contributed by atoms with van der Waals surface area (Å²) in [5.41, 5.74) is 1.51. The summed E-state index contributed by atoms with van der Waals surface area (Å²) < 4.78 is 15.5. The van der Waals surface area contributed by atoms with E-state index >= 15 is 0 Å². The van der Waals surface area contributed by atoms with Crippen molar-refractivity contribution < 1.29 is 4.39 Å². The van der Waals surface area contributed by atoms with Gasteiger partial charge in [0.25, 0.3) is 0 Å². The molecule has 0 fully saturated rings. The maximum atomic E-state index is 13.6. The molecule has 1 atom stereocenters. The summed E-state index contributed by atoms with van der Waals surface area (Å²) in [6, 6.07) is 4.59. The van der Waals surface area contributed by atoms with Gasteiger partial charge in [0.05, 0.1) is 23.0 Å². The van der Waals surface area contributed by atoms with Crippen molar-refractivity contribution in [2.45, 2.75) is 32.2 Å². The Labute approximate surface area is 131 Å². The molecule has 0 saturated carbocycles. The summed E-state index contributed by atoms with van der Waals surface area (Å²) in [4.78, 5) is 10.2. The molecule has 110 valence electrons. The lowest BCUT2D eigenvalue weighted by molar-refractivity contribution is 0.616. The van der Waals surface area contributed by atoms with Crippen molar-refractivity contribution >= 4 is 34.0 Å². The zero-order valence-corrected chi connectivity index (χ0v) is 13.4. The molecule has 1 aromatic carbocycles. The van der Waals surface area contributed by atoms with E-state index in [1.807, 2.05) is 17.7 Å². The van der Waals surface area contributed by atoms with Crippen LogP contribution in [0.25, 0.3) is 11.0 Å². The van der Waals surface area contributed by atoms with Gasteiger partial charge in [0.1, 0.15) is 16.6 Å². The van der Waals surface area contributed by atoms with Crippen LogP contribution in [0.1, 0.15) is 35.6 Å². The lowest BCUT2D eigenvalue weighted by Crippen LogP contribution is -2.09. The molecule has 0 saturated heterocycles. The van der Waals surface area contributed by atoms with Crippen molar-refractivity contribution in [3.63, 3.8) is 0 Å². The Morgan fingerprint density at radius 2 is 2.24 bits per heavy atom. The van der Waals surface area contributed by atoms with E-state index in [4.69, 9.17) is 11.6 Å². The average molecular weight is 324 g/mol. The molecule has 2 aromatic heterocycles. The SMILES string of the molecule is CCc1cnc(C(C)n2c(CCl)nc3ccc(F)cc32)s1. The number of thiazole rings is 1. The molecule has 0 N–H and O–H groups in total. The number of hydrogen-bond donors (Lipinski definition) is 0. The largest absolute Gasteiger partial charge is 0.317 e. The first-order valence-electron chi connectivity index (χ1n) is 6.81. The molecule has 0 aliphatic rings. The Morgan fingerprint density at radius 1 is 1.43 bits per heavy atom. The number of hydrogen-bond acceptors (Lipinski definition) is 3. The van der Waals surface area contributed by atoms with Crippen LogP contribution >= 0.6 is 22.9 Å². The lowest BCUT2D eigenvalue weighted by Gasteiger charge is -2.14. The van der Waals surface area contributed by atoms with Crippen LogP contribution in [-0.2, 0) is 12.3 Å². The highest BCUT2D eigenvalue weighted by Gasteiger charge is 2.19. The first-order chi connectivity index (χ1) is 10.1. The average Bonchev–Trinajstić information content (AvgIpc) is 3.10. The Morgan fingerprint density at radius 3 is 2.90 bits per heavy atom. The zero-order valence-electron chi connectivity index (χ0n) is 11.8. The van der Waals surface area contributed by atoms with Gasteiger partial charge in [-0.15, -0.1) is 22.9 Å². The minimum absolute atomic E-state index is 0.0177. The highest BCUT2D eigenvalue weighted by molar-refractivity contribution is 7.11. The van der Waals surface area contributed by atoms with E-state index in [0.29, 0.717) is 0 Å². The van der Waals surface area contributed by atoms with Gasteiger partial charge < -0.3 is 4.57 Å². The number of alkyl halides is 1. The molecule has 1 unspecified atom stereocenters. The first-order valence-corrected chi connectivity index (χ1v) is 8.16. The summed E-state index contributed by atoms with van der Waals surface area (Å²) in [6.45, 7) is 4.15. The van der Waals surface area contributed by atoms with Gasteiger partial charge in [0.2, 0.25) is 0 Å². The molecule has 0 amide bonds. The number of nitrogens with zero attached hydrogens (tertiary/aromatic N) is 3. The molecular formula is C15H15ClFN3S. The second-order valence-electron chi connectivity index (χ2n) is 4.86. The molecule has 0 aliphatic carbocycles. The Bertz CT molecular complexity index is 780. The van der Waals surface area contributed by atoms with E-state index in [-0.39, 0.29) is 17.7 Å². The monoisotopic (exact) mass is 323 g/mol. The van der Waals surface area contributed by atoms with Crippen molar-refractivity contribution in [2.75, 3.05) is 0 Å². The van der Waals surface area contributed by atoms with Gasteiger partial charge >= 0.3 is 0 Å². The number of fused-ring (bicyclic) bond motifs is 1. The summed E-state index contributed by atoms with van der Waals surface area (Å²) in [5.74, 6) is 0.746. The number of aromatic nitrogens is 3. The van der Waals surface area contributed by atoms with E-state index in [9.17, 15) is 4.39 Å². The van der Waals surface area contributed by atoms with Gasteiger partial charge in [-0.1, -0.05) is 6.92 Å². The van der Waals surface area contributed by atoms with Crippen LogP contribution in [0.5, 0.6) is 0 Å². The normalized spacial score (nSPS) is 13.0. The first kappa shape index (κ1) is 14.5. The van der Waals surface area contributed by atoms with Gasteiger partial charge in [0.15, 0.2) is 0 Å². The van der Waals surface area contributed by atoms with E-state index in [1.54, 1.807) is 17.4 Å². The van der Waals surface area contributed by atoms with Crippen molar-refractivity contribution in [3.05, 3.63) is 45.9 Å². The fraction of sp³-hybridized carbons (Fsp3) is 0.333. The van der Waals surface area contributed by atoms with E-state index in [2.05, 4.69) is 16.9 Å². The topological polar surface area (TPSA) is 30.7 Å². The predicted octanol–water partition coefficient (Wildman–Crippen LogP) is 4.54. The fourth-order valence-corrected chi connectivity index (χ4v) is 3.52. The number of benzene rings is 1. The summed E-state index contributed by atoms with van der Waals surface area (Å²) >= 11 is 7.69. The number of halogens is 2. The second kappa shape index (κ2) is 5.73. The summed E-state index contributed by atoms with van der Waals surface area (Å²) in [5, 5.41) is 0.988. The van der Waals surface area contributed by atoms with Crippen LogP contribution in [0.4, 0.5) is 4.39 Å². The molecule has 3 nitrogen and oxygen atoms in total. The Hall–Kier alpha value is -1.46. The van der Waals surface area contributed by atoms with Crippen molar-refractivity contribution in [3.8, 4) is 0 Å². The quantitative estimate of drug-likeness (QED) is 0.660. The smallest absolute Gasteiger partial charge is 0.125 e. The maximum absolute atomic E-state index is 13.6. The third-order valence-corrected chi connectivity index (χ3v) is 5.06. The third-order valence-electron chi connectivity index (χ3n) is 3.51. The molecule has 0 spiro atoms. The number of aryl methyl sites for hydroxylation is 1. The number of rotatable bonds is 4. The van der Waals surface area contributed by atoms with Crippen LogP contribution in [0.2, 0.25) is 0 Å². The van der Waals surface area contributed by atoms with Crippen LogP contribution in [0.3, 0.4) is 0 Å². The van der Waals surface area contributed by atoms with Crippen molar-refractivity contribution in [1.82, 2.24) is 14.5 Å². The van der Waals surface area contributed by atoms with Gasteiger partial charge in [-0.3, -0.25) is 0 Å². The highest BCUT2D eigenvalue weighted by Crippen LogP contribution is 2.29. The molecule has 0 radical (unpaired) electrons. The molecule has 21 heavy (non-hydrogen) atoms. The minimum atomic E-state index is -0.273. The Balaban J connectivity index is 2.15. The lowest BCUT2D eigenvalue weighted by atomic mass is 10.2. The third kappa shape index (κ3) is 2.56. The minimum Gasteiger partial charge on any atom is -0.317 e. The van der Waals surface area contributed by atoms with Gasteiger partial charge in [-0.25, -0.2) is 14.4 Å². The zero-order chi connectivity index (χ0) is 15.0. The van der Waals surface area contributed by atoms with Crippen molar-refractivity contribution in [2.24, 2.45) is 0 Å². The predicted molar refractivity (Wildman–Crippen MR) is 84.6 cm³/mol. The molecule has 3 aromatic rings. The second-order valence-corrected chi connectivity index (χ2v) is 6.27. The number of imidazole rings is 1. The maximum Gasteiger partial charge on any atom is 0.125 e. The van der Waals surface area contributed by atoms with Crippen LogP contribution in [0.15, 0.2) is 24.4 Å². The van der Waals surface area contributed by atoms with Gasteiger partial charge in [0, 0.05) is 11.1 Å².